The predicted octanol–water partition coefficient (Wildman–Crippen LogP) is 3.74. The summed E-state index contributed by atoms with van der Waals surface area (Å²) in [4.78, 5) is 12.0. The van der Waals surface area contributed by atoms with E-state index < -0.39 is 0 Å². The van der Waals surface area contributed by atoms with Gasteiger partial charge in [-0.3, -0.25) is 0 Å². The summed E-state index contributed by atoms with van der Waals surface area (Å²) in [5.74, 6) is -0.197. The molecule has 0 unspecified atom stereocenters. The van der Waals surface area contributed by atoms with Crippen LogP contribution in [0.5, 0.6) is 6.01 Å². The smallest absolute Gasteiger partial charge is 0.321 e. The van der Waals surface area contributed by atoms with Gasteiger partial charge in [-0.15, -0.1) is 0 Å². The van der Waals surface area contributed by atoms with Gasteiger partial charge >= 0.3 is 6.01 Å². The fraction of sp³-hybridized carbons (Fsp3) is 0.357. The molecule has 0 aliphatic carbocycles. The second kappa shape index (κ2) is 6.13. The summed E-state index contributed by atoms with van der Waals surface area (Å²) in [6.45, 7) is 6.06. The zero-order chi connectivity index (χ0) is 14.7. The number of nitrogens with zero attached hydrogens (tertiary/aromatic N) is 3. The molecule has 0 bridgehead atoms. The molecule has 0 saturated carbocycles. The van der Waals surface area contributed by atoms with Gasteiger partial charge in [0.05, 0.1) is 12.2 Å². The van der Waals surface area contributed by atoms with Crippen molar-refractivity contribution in [3.05, 3.63) is 34.4 Å². The molecule has 0 saturated heterocycles. The summed E-state index contributed by atoms with van der Waals surface area (Å²) in [7, 11) is 0. The number of ether oxygens (including phenoxy) is 1. The van der Waals surface area contributed by atoms with E-state index in [1.807, 2.05) is 19.9 Å². The highest BCUT2D eigenvalue weighted by molar-refractivity contribution is 6.28. The van der Waals surface area contributed by atoms with Gasteiger partial charge in [-0.25, -0.2) is 4.39 Å². The Kier molecular flexibility index (Phi) is 4.49. The molecular weight excluding hydrogens is 281 g/mol. The van der Waals surface area contributed by atoms with Crippen molar-refractivity contribution in [2.24, 2.45) is 0 Å². The molecular formula is C14H15ClFN3O. The van der Waals surface area contributed by atoms with Crippen LogP contribution < -0.4 is 4.74 Å². The van der Waals surface area contributed by atoms with E-state index in [2.05, 4.69) is 15.0 Å². The van der Waals surface area contributed by atoms with Crippen molar-refractivity contribution in [1.82, 2.24) is 15.0 Å². The summed E-state index contributed by atoms with van der Waals surface area (Å²) in [5, 5.41) is -0.0134. The SMILES string of the molecule is CCCOc1nc(Cl)nc(-c2c(C)cc(C)cc2F)n1. The van der Waals surface area contributed by atoms with Crippen LogP contribution in [0.25, 0.3) is 11.4 Å². The van der Waals surface area contributed by atoms with E-state index in [-0.39, 0.29) is 22.9 Å². The van der Waals surface area contributed by atoms with Crippen molar-refractivity contribution in [2.75, 3.05) is 6.61 Å². The molecule has 0 spiro atoms. The molecule has 0 atom stereocenters. The van der Waals surface area contributed by atoms with Crippen LogP contribution in [0, 0.1) is 19.7 Å². The van der Waals surface area contributed by atoms with Gasteiger partial charge in [-0.1, -0.05) is 13.0 Å². The van der Waals surface area contributed by atoms with E-state index in [4.69, 9.17) is 16.3 Å². The Morgan fingerprint density at radius 1 is 1.20 bits per heavy atom. The molecule has 106 valence electrons. The standard InChI is InChI=1S/C14H15ClFN3O/c1-4-5-20-14-18-12(17-13(15)19-14)11-9(3)6-8(2)7-10(11)16/h6-7H,4-5H2,1-3H3. The molecule has 1 aromatic carbocycles. The van der Waals surface area contributed by atoms with Crippen LogP contribution in [0.2, 0.25) is 5.28 Å². The van der Waals surface area contributed by atoms with Gasteiger partial charge in [-0.2, -0.15) is 15.0 Å². The quantitative estimate of drug-likeness (QED) is 0.862. The van der Waals surface area contributed by atoms with Crippen molar-refractivity contribution in [1.29, 1.82) is 0 Å². The maximum absolute atomic E-state index is 14.1. The van der Waals surface area contributed by atoms with E-state index in [1.165, 1.54) is 6.07 Å². The molecule has 6 heteroatoms. The van der Waals surface area contributed by atoms with Crippen LogP contribution in [0.15, 0.2) is 12.1 Å². The topological polar surface area (TPSA) is 47.9 Å². The van der Waals surface area contributed by atoms with E-state index in [0.717, 1.165) is 17.5 Å². The van der Waals surface area contributed by atoms with Crippen molar-refractivity contribution in [2.45, 2.75) is 27.2 Å². The van der Waals surface area contributed by atoms with Gasteiger partial charge in [0.25, 0.3) is 0 Å². The lowest BCUT2D eigenvalue weighted by molar-refractivity contribution is 0.291. The number of rotatable bonds is 4. The van der Waals surface area contributed by atoms with E-state index in [0.29, 0.717) is 12.2 Å². The van der Waals surface area contributed by atoms with Crippen LogP contribution in [-0.2, 0) is 0 Å². The third-order valence-electron chi connectivity index (χ3n) is 2.68. The summed E-state index contributed by atoms with van der Waals surface area (Å²) in [5.41, 5.74) is 1.90. The number of aryl methyl sites for hydroxylation is 2. The lowest BCUT2D eigenvalue weighted by Crippen LogP contribution is -2.04. The largest absolute Gasteiger partial charge is 0.463 e. The minimum atomic E-state index is -0.383. The first-order valence-electron chi connectivity index (χ1n) is 6.32. The Hall–Kier alpha value is -1.75. The van der Waals surface area contributed by atoms with Crippen LogP contribution in [0.1, 0.15) is 24.5 Å². The third kappa shape index (κ3) is 3.22. The van der Waals surface area contributed by atoms with Gasteiger partial charge in [0.2, 0.25) is 5.28 Å². The van der Waals surface area contributed by atoms with Crippen LogP contribution in [0.3, 0.4) is 0 Å². The molecule has 0 amide bonds. The Bertz CT molecular complexity index is 611. The number of benzene rings is 1. The van der Waals surface area contributed by atoms with Crippen molar-refractivity contribution in [3.63, 3.8) is 0 Å². The highest BCUT2D eigenvalue weighted by atomic mass is 35.5. The Labute approximate surface area is 122 Å². The van der Waals surface area contributed by atoms with Crippen molar-refractivity contribution in [3.8, 4) is 17.4 Å². The molecule has 0 aliphatic heterocycles. The fourth-order valence-corrected chi connectivity index (χ4v) is 2.05. The molecule has 0 aliphatic rings. The summed E-state index contributed by atoms with van der Waals surface area (Å²) >= 11 is 5.85. The van der Waals surface area contributed by atoms with Crippen LogP contribution in [-0.4, -0.2) is 21.6 Å². The lowest BCUT2D eigenvalue weighted by Gasteiger charge is -2.09. The van der Waals surface area contributed by atoms with Crippen LogP contribution in [0.4, 0.5) is 4.39 Å². The van der Waals surface area contributed by atoms with Gasteiger partial charge in [0.1, 0.15) is 5.82 Å². The van der Waals surface area contributed by atoms with Crippen molar-refractivity contribution >= 4 is 11.6 Å². The zero-order valence-corrected chi connectivity index (χ0v) is 12.3. The molecule has 0 radical (unpaired) electrons. The first kappa shape index (κ1) is 14.7. The number of hydrogen-bond donors (Lipinski definition) is 0. The predicted molar refractivity (Wildman–Crippen MR) is 75.5 cm³/mol. The monoisotopic (exact) mass is 295 g/mol. The Morgan fingerprint density at radius 2 is 1.95 bits per heavy atom. The highest BCUT2D eigenvalue weighted by Gasteiger charge is 2.15. The maximum atomic E-state index is 14.1. The number of aromatic nitrogens is 3. The van der Waals surface area contributed by atoms with E-state index in [9.17, 15) is 4.39 Å². The van der Waals surface area contributed by atoms with Gasteiger partial charge in [0, 0.05) is 0 Å². The molecule has 2 aromatic rings. The van der Waals surface area contributed by atoms with E-state index >= 15 is 0 Å². The summed E-state index contributed by atoms with van der Waals surface area (Å²) in [6.07, 6.45) is 0.816. The average molecular weight is 296 g/mol. The minimum absolute atomic E-state index is 0.0134. The Morgan fingerprint density at radius 3 is 2.60 bits per heavy atom. The summed E-state index contributed by atoms with van der Waals surface area (Å²) in [6, 6.07) is 3.41. The third-order valence-corrected chi connectivity index (χ3v) is 2.85. The fourth-order valence-electron chi connectivity index (χ4n) is 1.90. The minimum Gasteiger partial charge on any atom is -0.463 e. The van der Waals surface area contributed by atoms with E-state index in [1.54, 1.807) is 6.92 Å². The average Bonchev–Trinajstić information content (AvgIpc) is 2.34. The molecule has 1 heterocycles. The maximum Gasteiger partial charge on any atom is 0.321 e. The number of hydrogen-bond acceptors (Lipinski definition) is 4. The molecule has 2 rings (SSSR count). The Balaban J connectivity index is 2.50. The normalized spacial score (nSPS) is 10.7. The second-order valence-corrected chi connectivity index (χ2v) is 4.84. The molecule has 0 fully saturated rings. The zero-order valence-electron chi connectivity index (χ0n) is 11.6. The lowest BCUT2D eigenvalue weighted by atomic mass is 10.0. The number of halogens is 2. The van der Waals surface area contributed by atoms with Gasteiger partial charge in [-0.05, 0) is 49.1 Å². The molecule has 1 aromatic heterocycles. The summed E-state index contributed by atoms with van der Waals surface area (Å²) < 4.78 is 19.5. The molecule has 0 N–H and O–H groups in total. The molecule has 20 heavy (non-hydrogen) atoms. The van der Waals surface area contributed by atoms with Gasteiger partial charge in [0.15, 0.2) is 5.82 Å². The first-order valence-corrected chi connectivity index (χ1v) is 6.70. The second-order valence-electron chi connectivity index (χ2n) is 4.50. The van der Waals surface area contributed by atoms with Crippen molar-refractivity contribution < 1.29 is 9.13 Å². The van der Waals surface area contributed by atoms with Gasteiger partial charge < -0.3 is 4.74 Å². The van der Waals surface area contributed by atoms with Crippen LogP contribution >= 0.6 is 11.6 Å². The first-order chi connectivity index (χ1) is 9.51. The molecule has 4 nitrogen and oxygen atoms in total. The highest BCUT2D eigenvalue weighted by Crippen LogP contribution is 2.26.